The van der Waals surface area contributed by atoms with Gasteiger partial charge in [0.2, 0.25) is 0 Å². The van der Waals surface area contributed by atoms with E-state index in [4.69, 9.17) is 0 Å². The second-order valence-electron chi connectivity index (χ2n) is 8.98. The minimum absolute atomic E-state index is 0.00490. The molecule has 0 aromatic rings. The Morgan fingerprint density at radius 3 is 2.61 bits per heavy atom. The van der Waals surface area contributed by atoms with E-state index in [9.17, 15) is 14.7 Å². The molecule has 0 unspecified atom stereocenters. The number of hydrogen-bond acceptors (Lipinski definition) is 2. The first kappa shape index (κ1) is 15.4. The maximum absolute atomic E-state index is 11.8. The maximum atomic E-state index is 11.8. The van der Waals surface area contributed by atoms with Crippen molar-refractivity contribution < 1.29 is 14.7 Å². The van der Waals surface area contributed by atoms with Gasteiger partial charge in [0.05, 0.1) is 5.92 Å². The van der Waals surface area contributed by atoms with E-state index in [0.717, 1.165) is 44.9 Å². The molecule has 0 saturated heterocycles. The molecule has 4 aliphatic rings. The second kappa shape index (κ2) is 4.94. The molecular weight excluding hydrogens is 288 g/mol. The van der Waals surface area contributed by atoms with E-state index in [1.165, 1.54) is 5.57 Å². The summed E-state index contributed by atoms with van der Waals surface area (Å²) in [5.74, 6) is 1.46. The summed E-state index contributed by atoms with van der Waals surface area (Å²) in [5.41, 5.74) is 1.58. The van der Waals surface area contributed by atoms with Crippen LogP contribution in [-0.2, 0) is 9.59 Å². The van der Waals surface area contributed by atoms with Gasteiger partial charge in [-0.3, -0.25) is 9.59 Å². The molecule has 23 heavy (non-hydrogen) atoms. The van der Waals surface area contributed by atoms with Crippen molar-refractivity contribution in [2.24, 2.45) is 34.5 Å². The van der Waals surface area contributed by atoms with E-state index >= 15 is 0 Å². The van der Waals surface area contributed by atoms with Gasteiger partial charge in [0, 0.05) is 6.42 Å². The molecule has 3 heteroatoms. The monoisotopic (exact) mass is 316 g/mol. The van der Waals surface area contributed by atoms with Gasteiger partial charge in [-0.1, -0.05) is 19.4 Å². The molecule has 0 amide bonds. The van der Waals surface area contributed by atoms with Crippen LogP contribution in [0.1, 0.15) is 65.2 Å². The Kier molecular flexibility index (Phi) is 3.31. The van der Waals surface area contributed by atoms with Crippen LogP contribution in [0, 0.1) is 34.5 Å². The topological polar surface area (TPSA) is 54.4 Å². The Labute approximate surface area is 138 Å². The lowest BCUT2D eigenvalue weighted by molar-refractivity contribution is -0.149. The number of carbonyl (C=O) groups excluding carboxylic acids is 1. The number of carboxylic acids is 1. The Hall–Kier alpha value is -1.12. The van der Waals surface area contributed by atoms with Crippen LogP contribution in [0.15, 0.2) is 11.6 Å². The number of ketones is 1. The lowest BCUT2D eigenvalue weighted by atomic mass is 9.47. The van der Waals surface area contributed by atoms with Crippen molar-refractivity contribution in [3.05, 3.63) is 11.6 Å². The van der Waals surface area contributed by atoms with Crippen LogP contribution in [0.25, 0.3) is 0 Å². The maximum Gasteiger partial charge on any atom is 0.307 e. The van der Waals surface area contributed by atoms with E-state index in [1.807, 2.05) is 6.08 Å². The molecule has 4 rings (SSSR count). The van der Waals surface area contributed by atoms with Gasteiger partial charge in [-0.05, 0) is 79.6 Å². The minimum Gasteiger partial charge on any atom is -0.481 e. The fourth-order valence-corrected chi connectivity index (χ4v) is 6.97. The van der Waals surface area contributed by atoms with Gasteiger partial charge in [0.15, 0.2) is 5.78 Å². The molecular formula is C20H28O3. The Balaban J connectivity index is 1.67. The summed E-state index contributed by atoms with van der Waals surface area (Å²) in [6.07, 6.45) is 9.99. The van der Waals surface area contributed by atoms with Gasteiger partial charge in [-0.2, -0.15) is 0 Å². The highest BCUT2D eigenvalue weighted by molar-refractivity contribution is 5.91. The van der Waals surface area contributed by atoms with Crippen LogP contribution in [-0.4, -0.2) is 16.9 Å². The number of aliphatic carboxylic acids is 1. The quantitative estimate of drug-likeness (QED) is 0.788. The zero-order valence-electron chi connectivity index (χ0n) is 14.3. The number of carboxylic acid groups (broad SMARTS) is 1. The summed E-state index contributed by atoms with van der Waals surface area (Å²) in [4.78, 5) is 23.5. The Morgan fingerprint density at radius 1 is 1.09 bits per heavy atom. The van der Waals surface area contributed by atoms with Crippen molar-refractivity contribution in [2.75, 3.05) is 0 Å². The Bertz CT molecular complexity index is 592. The van der Waals surface area contributed by atoms with Crippen LogP contribution in [0.5, 0.6) is 0 Å². The van der Waals surface area contributed by atoms with Crippen molar-refractivity contribution >= 4 is 11.8 Å². The second-order valence-corrected chi connectivity index (χ2v) is 8.98. The van der Waals surface area contributed by atoms with Crippen molar-refractivity contribution in [1.82, 2.24) is 0 Å². The first-order chi connectivity index (χ1) is 10.9. The summed E-state index contributed by atoms with van der Waals surface area (Å²) in [7, 11) is 0. The van der Waals surface area contributed by atoms with Crippen LogP contribution < -0.4 is 0 Å². The number of rotatable bonds is 1. The van der Waals surface area contributed by atoms with Gasteiger partial charge in [0.1, 0.15) is 0 Å². The minimum atomic E-state index is -0.584. The third-order valence-electron chi connectivity index (χ3n) is 8.26. The first-order valence-electron chi connectivity index (χ1n) is 9.33. The summed E-state index contributed by atoms with van der Waals surface area (Å²) in [6.45, 7) is 4.63. The van der Waals surface area contributed by atoms with Gasteiger partial charge in [-0.15, -0.1) is 0 Å². The smallest absolute Gasteiger partial charge is 0.307 e. The molecule has 4 aliphatic carbocycles. The first-order valence-corrected chi connectivity index (χ1v) is 9.33. The van der Waals surface area contributed by atoms with E-state index in [2.05, 4.69) is 13.8 Å². The predicted octanol–water partition coefficient (Wildman–Crippen LogP) is 4.22. The molecule has 6 atom stereocenters. The molecule has 0 radical (unpaired) electrons. The van der Waals surface area contributed by atoms with Gasteiger partial charge < -0.3 is 5.11 Å². The third kappa shape index (κ3) is 2.01. The number of hydrogen-bond donors (Lipinski definition) is 1. The molecule has 0 aromatic heterocycles. The van der Waals surface area contributed by atoms with E-state index in [-0.39, 0.29) is 16.7 Å². The molecule has 0 heterocycles. The fourth-order valence-electron chi connectivity index (χ4n) is 6.97. The van der Waals surface area contributed by atoms with Crippen LogP contribution in [0.4, 0.5) is 0 Å². The fraction of sp³-hybridized carbons (Fsp3) is 0.800. The van der Waals surface area contributed by atoms with E-state index in [1.54, 1.807) is 0 Å². The average molecular weight is 316 g/mol. The average Bonchev–Trinajstić information content (AvgIpc) is 2.85. The largest absolute Gasteiger partial charge is 0.481 e. The van der Waals surface area contributed by atoms with Crippen LogP contribution >= 0.6 is 0 Å². The molecule has 0 aliphatic heterocycles. The number of fused-ring (bicyclic) bond motifs is 5. The highest BCUT2D eigenvalue weighted by Gasteiger charge is 2.60. The van der Waals surface area contributed by atoms with Crippen LogP contribution in [0.3, 0.4) is 0 Å². The lowest BCUT2D eigenvalue weighted by Crippen LogP contribution is -2.51. The van der Waals surface area contributed by atoms with Crippen molar-refractivity contribution in [3.8, 4) is 0 Å². The van der Waals surface area contributed by atoms with E-state index < -0.39 is 5.97 Å². The molecule has 126 valence electrons. The number of carbonyl (C=O) groups is 2. The molecule has 0 aromatic carbocycles. The van der Waals surface area contributed by atoms with Gasteiger partial charge in [-0.25, -0.2) is 0 Å². The summed E-state index contributed by atoms with van der Waals surface area (Å²) >= 11 is 0. The SMILES string of the molecule is C[C@]12CC[C@@H]3[C@H](CCC4=CC(=O)CC[C@]43C)[C@H]1CC[C@H]2C(=O)O. The highest BCUT2D eigenvalue weighted by Crippen LogP contribution is 2.66. The summed E-state index contributed by atoms with van der Waals surface area (Å²) < 4.78 is 0. The van der Waals surface area contributed by atoms with Gasteiger partial charge >= 0.3 is 5.97 Å². The summed E-state index contributed by atoms with van der Waals surface area (Å²) in [5, 5.41) is 9.63. The predicted molar refractivity (Wildman–Crippen MR) is 87.8 cm³/mol. The molecule has 0 bridgehead atoms. The Morgan fingerprint density at radius 2 is 1.87 bits per heavy atom. The molecule has 3 saturated carbocycles. The normalized spacial score (nSPS) is 49.0. The third-order valence-corrected chi connectivity index (χ3v) is 8.26. The van der Waals surface area contributed by atoms with Crippen molar-refractivity contribution in [2.45, 2.75) is 65.2 Å². The van der Waals surface area contributed by atoms with Crippen LogP contribution in [0.2, 0.25) is 0 Å². The van der Waals surface area contributed by atoms with Crippen molar-refractivity contribution in [1.29, 1.82) is 0 Å². The molecule has 0 spiro atoms. The highest BCUT2D eigenvalue weighted by atomic mass is 16.4. The van der Waals surface area contributed by atoms with Gasteiger partial charge in [0.25, 0.3) is 0 Å². The molecule has 1 N–H and O–H groups in total. The molecule has 3 fully saturated rings. The zero-order chi connectivity index (χ0) is 16.4. The number of allylic oxidation sites excluding steroid dienone is 1. The standard InChI is InChI=1S/C20H28O3/c1-19-9-7-13(21)11-12(19)3-4-14-15-5-6-17(18(22)23)20(15,2)10-8-16(14)19/h11,14-17H,3-10H2,1-2H3,(H,22,23)/t14-,15-,16-,17+,19-,20+/m1/s1. The van der Waals surface area contributed by atoms with Crippen molar-refractivity contribution in [3.63, 3.8) is 0 Å². The lowest BCUT2D eigenvalue weighted by Gasteiger charge is -2.57. The zero-order valence-corrected chi connectivity index (χ0v) is 14.3. The summed E-state index contributed by atoms with van der Waals surface area (Å²) in [6, 6.07) is 0. The van der Waals surface area contributed by atoms with E-state index in [0.29, 0.717) is 30.0 Å². The molecule has 3 nitrogen and oxygen atoms in total.